The van der Waals surface area contributed by atoms with Crippen LogP contribution in [0.4, 0.5) is 0 Å². The molecule has 5 nitrogen and oxygen atoms in total. The van der Waals surface area contributed by atoms with Crippen molar-refractivity contribution in [3.05, 3.63) is 23.4 Å². The maximum absolute atomic E-state index is 11.9. The molecule has 1 heterocycles. The molecule has 1 saturated carbocycles. The Hall–Kier alpha value is -0.750. The molecule has 0 spiro atoms. The van der Waals surface area contributed by atoms with E-state index in [1.807, 2.05) is 0 Å². The van der Waals surface area contributed by atoms with Crippen molar-refractivity contribution in [1.29, 1.82) is 0 Å². The third-order valence-electron chi connectivity index (χ3n) is 3.44. The summed E-state index contributed by atoms with van der Waals surface area (Å²) in [5, 5.41) is 3.45. The van der Waals surface area contributed by atoms with Crippen LogP contribution >= 0.6 is 36.4 Å². The van der Waals surface area contributed by atoms with Gasteiger partial charge in [0.05, 0.1) is 11.6 Å². The average Bonchev–Trinajstić information content (AvgIpc) is 2.45. The number of carbonyl (C=O) groups is 1. The van der Waals surface area contributed by atoms with Crippen molar-refractivity contribution in [3.63, 3.8) is 0 Å². The second-order valence-corrected chi connectivity index (χ2v) is 5.51. The van der Waals surface area contributed by atoms with Gasteiger partial charge in [-0.15, -0.1) is 24.8 Å². The summed E-state index contributed by atoms with van der Waals surface area (Å²) in [5.74, 6) is 0.628. The molecule has 3 N–H and O–H groups in total. The fourth-order valence-corrected chi connectivity index (χ4v) is 2.50. The van der Waals surface area contributed by atoms with Gasteiger partial charge in [-0.1, -0.05) is 18.0 Å². The van der Waals surface area contributed by atoms with Crippen LogP contribution in [-0.2, 0) is 4.79 Å². The summed E-state index contributed by atoms with van der Waals surface area (Å²) in [7, 11) is 0. The molecule has 0 radical (unpaired) electrons. The Morgan fingerprint density at radius 2 is 2.18 bits per heavy atom. The van der Waals surface area contributed by atoms with Crippen LogP contribution in [0.15, 0.2) is 18.3 Å². The van der Waals surface area contributed by atoms with Gasteiger partial charge in [-0.3, -0.25) is 4.79 Å². The molecule has 1 aromatic rings. The van der Waals surface area contributed by atoms with Crippen molar-refractivity contribution in [3.8, 4) is 5.88 Å². The summed E-state index contributed by atoms with van der Waals surface area (Å²) in [6, 6.07) is 3.57. The van der Waals surface area contributed by atoms with Gasteiger partial charge in [0.15, 0.2) is 0 Å². The number of rotatable bonds is 5. The van der Waals surface area contributed by atoms with Gasteiger partial charge in [0.2, 0.25) is 11.8 Å². The van der Waals surface area contributed by atoms with Crippen molar-refractivity contribution in [2.45, 2.75) is 31.7 Å². The number of halogens is 3. The lowest BCUT2D eigenvalue weighted by Crippen LogP contribution is -2.39. The van der Waals surface area contributed by atoms with E-state index in [-0.39, 0.29) is 42.7 Å². The van der Waals surface area contributed by atoms with Gasteiger partial charge in [-0.05, 0) is 25.3 Å². The molecular weight excluding hydrogens is 349 g/mol. The van der Waals surface area contributed by atoms with Crippen LogP contribution in [0.3, 0.4) is 0 Å². The van der Waals surface area contributed by atoms with E-state index in [1.165, 1.54) is 6.20 Å². The number of nitrogens with two attached hydrogens (primary N) is 1. The topological polar surface area (TPSA) is 77.2 Å². The van der Waals surface area contributed by atoms with E-state index >= 15 is 0 Å². The molecule has 1 aliphatic carbocycles. The smallest absolute Gasteiger partial charge is 0.223 e. The van der Waals surface area contributed by atoms with Gasteiger partial charge in [0, 0.05) is 24.2 Å². The van der Waals surface area contributed by atoms with Crippen molar-refractivity contribution < 1.29 is 9.53 Å². The monoisotopic (exact) mass is 369 g/mol. The second kappa shape index (κ2) is 10.9. The first-order valence-corrected chi connectivity index (χ1v) is 7.30. The quantitative estimate of drug-likeness (QED) is 0.781. The second-order valence-electron chi connectivity index (χ2n) is 5.08. The Bertz CT molecular complexity index is 445. The highest BCUT2D eigenvalue weighted by atomic mass is 35.5. The SMILES string of the molecule is Cl.Cl.NC1CCCC(C(=O)NCCOc2ccc(Cl)cn2)C1. The number of amides is 1. The van der Waals surface area contributed by atoms with E-state index in [1.54, 1.807) is 12.1 Å². The zero-order valence-corrected chi connectivity index (χ0v) is 14.6. The summed E-state index contributed by atoms with van der Waals surface area (Å²) < 4.78 is 5.41. The standard InChI is InChI=1S/C14H20ClN3O2.2ClH/c15-11-4-5-13(18-9-11)20-7-6-17-14(19)10-2-1-3-12(16)8-10;;/h4-5,9-10,12H,1-3,6-8,16H2,(H,17,19);2*1H. The van der Waals surface area contributed by atoms with Crippen molar-refractivity contribution in [1.82, 2.24) is 10.3 Å². The van der Waals surface area contributed by atoms with Crippen molar-refractivity contribution in [2.24, 2.45) is 11.7 Å². The van der Waals surface area contributed by atoms with Crippen LogP contribution in [0, 0.1) is 5.92 Å². The minimum absolute atomic E-state index is 0. The molecule has 2 rings (SSSR count). The minimum atomic E-state index is 0. The zero-order chi connectivity index (χ0) is 14.4. The lowest BCUT2D eigenvalue weighted by Gasteiger charge is -2.25. The van der Waals surface area contributed by atoms with Crippen molar-refractivity contribution >= 4 is 42.3 Å². The van der Waals surface area contributed by atoms with E-state index in [2.05, 4.69) is 10.3 Å². The average molecular weight is 371 g/mol. The number of aromatic nitrogens is 1. The molecule has 8 heteroatoms. The number of hydrogen-bond donors (Lipinski definition) is 2. The number of ether oxygens (including phenoxy) is 1. The first kappa shape index (κ1) is 21.2. The fourth-order valence-electron chi connectivity index (χ4n) is 2.39. The fraction of sp³-hybridized carbons (Fsp3) is 0.571. The maximum atomic E-state index is 11.9. The number of carbonyl (C=O) groups excluding carboxylic acids is 1. The number of nitrogens with one attached hydrogen (secondary N) is 1. The molecule has 0 aromatic carbocycles. The molecule has 1 fully saturated rings. The van der Waals surface area contributed by atoms with Gasteiger partial charge in [-0.25, -0.2) is 4.98 Å². The molecule has 1 amide bonds. The lowest BCUT2D eigenvalue weighted by molar-refractivity contribution is -0.126. The first-order valence-electron chi connectivity index (χ1n) is 6.93. The number of hydrogen-bond acceptors (Lipinski definition) is 4. The van der Waals surface area contributed by atoms with Gasteiger partial charge in [0.1, 0.15) is 6.61 Å². The highest BCUT2D eigenvalue weighted by Crippen LogP contribution is 2.22. The maximum Gasteiger partial charge on any atom is 0.223 e. The van der Waals surface area contributed by atoms with E-state index < -0.39 is 0 Å². The zero-order valence-electron chi connectivity index (χ0n) is 12.2. The van der Waals surface area contributed by atoms with Crippen LogP contribution < -0.4 is 15.8 Å². The van der Waals surface area contributed by atoms with E-state index in [9.17, 15) is 4.79 Å². The first-order chi connectivity index (χ1) is 9.65. The molecule has 2 atom stereocenters. The van der Waals surface area contributed by atoms with Gasteiger partial charge in [-0.2, -0.15) is 0 Å². The predicted molar refractivity (Wildman–Crippen MR) is 92.2 cm³/mol. The van der Waals surface area contributed by atoms with Crippen LogP contribution in [0.2, 0.25) is 5.02 Å². The molecule has 22 heavy (non-hydrogen) atoms. The highest BCUT2D eigenvalue weighted by Gasteiger charge is 2.24. The Morgan fingerprint density at radius 1 is 1.41 bits per heavy atom. The summed E-state index contributed by atoms with van der Waals surface area (Å²) in [4.78, 5) is 16.0. The normalized spacial score (nSPS) is 20.3. The number of nitrogens with zero attached hydrogens (tertiary/aromatic N) is 1. The minimum Gasteiger partial charge on any atom is -0.476 e. The molecular formula is C14H22Cl3N3O2. The molecule has 2 unspecified atom stereocenters. The van der Waals surface area contributed by atoms with E-state index in [0.717, 1.165) is 25.7 Å². The Kier molecular flexibility index (Phi) is 10.5. The Balaban J connectivity index is 0.00000220. The van der Waals surface area contributed by atoms with Gasteiger partial charge < -0.3 is 15.8 Å². The summed E-state index contributed by atoms with van der Waals surface area (Å²) in [6.07, 6.45) is 5.29. The summed E-state index contributed by atoms with van der Waals surface area (Å²) >= 11 is 5.73. The third-order valence-corrected chi connectivity index (χ3v) is 3.66. The largest absolute Gasteiger partial charge is 0.476 e. The molecule has 0 bridgehead atoms. The van der Waals surface area contributed by atoms with Crippen LogP contribution in [0.25, 0.3) is 0 Å². The van der Waals surface area contributed by atoms with E-state index in [0.29, 0.717) is 24.1 Å². The molecule has 1 aromatic heterocycles. The van der Waals surface area contributed by atoms with Crippen LogP contribution in [0.5, 0.6) is 5.88 Å². The third kappa shape index (κ3) is 7.01. The highest BCUT2D eigenvalue weighted by molar-refractivity contribution is 6.30. The van der Waals surface area contributed by atoms with Gasteiger partial charge in [0.25, 0.3) is 0 Å². The van der Waals surface area contributed by atoms with Crippen molar-refractivity contribution in [2.75, 3.05) is 13.2 Å². The summed E-state index contributed by atoms with van der Waals surface area (Å²) in [6.45, 7) is 0.855. The Morgan fingerprint density at radius 3 is 2.82 bits per heavy atom. The summed E-state index contributed by atoms with van der Waals surface area (Å²) in [5.41, 5.74) is 5.88. The van der Waals surface area contributed by atoms with Gasteiger partial charge >= 0.3 is 0 Å². The molecule has 1 aliphatic rings. The molecule has 0 saturated heterocycles. The Labute approximate surface area is 148 Å². The van der Waals surface area contributed by atoms with Crippen LogP contribution in [-0.4, -0.2) is 30.1 Å². The van der Waals surface area contributed by atoms with Crippen LogP contribution in [0.1, 0.15) is 25.7 Å². The number of pyridine rings is 1. The molecule has 126 valence electrons. The van der Waals surface area contributed by atoms with E-state index in [4.69, 9.17) is 22.1 Å². The lowest BCUT2D eigenvalue weighted by atomic mass is 9.85. The predicted octanol–water partition coefficient (Wildman–Crippen LogP) is 2.59. The molecule has 0 aliphatic heterocycles.